The van der Waals surface area contributed by atoms with Gasteiger partial charge in [-0.15, -0.1) is 0 Å². The summed E-state index contributed by atoms with van der Waals surface area (Å²) >= 11 is 0. The Bertz CT molecular complexity index is 986. The highest BCUT2D eigenvalue weighted by molar-refractivity contribution is 5.98. The summed E-state index contributed by atoms with van der Waals surface area (Å²) in [4.78, 5) is 26.6. The maximum atomic E-state index is 12.9. The molecule has 1 saturated heterocycles. The van der Waals surface area contributed by atoms with Crippen LogP contribution in [0.2, 0.25) is 0 Å². The molecular weight excluding hydrogens is 356 g/mol. The molecule has 3 heterocycles. The number of aryl methyl sites for hydroxylation is 2. The standard InChI is InChI=1S/C21H24N4O3/c1-13-10-20(23-14(2)22-13)28-16-6-8-25(9-7-16)21(26)19-11-15-4-5-17(27-3)12-18(15)24-19/h4-5,10-12,16,24H,6-9H2,1-3H3. The monoisotopic (exact) mass is 380 g/mol. The Labute approximate surface area is 163 Å². The molecule has 3 aromatic rings. The van der Waals surface area contributed by atoms with E-state index in [-0.39, 0.29) is 12.0 Å². The summed E-state index contributed by atoms with van der Waals surface area (Å²) in [6, 6.07) is 9.49. The zero-order valence-corrected chi connectivity index (χ0v) is 16.4. The van der Waals surface area contributed by atoms with E-state index in [1.54, 1.807) is 7.11 Å². The second-order valence-electron chi connectivity index (χ2n) is 7.14. The van der Waals surface area contributed by atoms with Crippen molar-refractivity contribution in [3.05, 3.63) is 47.5 Å². The Hall–Kier alpha value is -3.09. The minimum absolute atomic E-state index is 0.0161. The molecule has 0 saturated carbocycles. The smallest absolute Gasteiger partial charge is 0.270 e. The van der Waals surface area contributed by atoms with Crippen molar-refractivity contribution in [3.8, 4) is 11.6 Å². The third kappa shape index (κ3) is 3.78. The quantitative estimate of drug-likeness (QED) is 0.751. The second-order valence-corrected chi connectivity index (χ2v) is 7.14. The summed E-state index contributed by atoms with van der Waals surface area (Å²) in [5, 5.41) is 0.997. The Morgan fingerprint density at radius 2 is 1.93 bits per heavy atom. The highest BCUT2D eigenvalue weighted by Gasteiger charge is 2.26. The lowest BCUT2D eigenvalue weighted by Crippen LogP contribution is -2.42. The van der Waals surface area contributed by atoms with Gasteiger partial charge in [0.15, 0.2) is 0 Å². The molecule has 1 amide bonds. The number of fused-ring (bicyclic) bond motifs is 1. The first kappa shape index (κ1) is 18.3. The maximum Gasteiger partial charge on any atom is 0.270 e. The van der Waals surface area contributed by atoms with E-state index in [1.807, 2.05) is 49.1 Å². The van der Waals surface area contributed by atoms with Crippen LogP contribution in [0.1, 0.15) is 34.8 Å². The van der Waals surface area contributed by atoms with Crippen molar-refractivity contribution >= 4 is 16.8 Å². The third-order valence-electron chi connectivity index (χ3n) is 5.02. The molecule has 0 unspecified atom stereocenters. The number of carbonyl (C=O) groups is 1. The highest BCUT2D eigenvalue weighted by atomic mass is 16.5. The molecule has 1 N–H and O–H groups in total. The first-order valence-electron chi connectivity index (χ1n) is 9.47. The van der Waals surface area contributed by atoms with Crippen LogP contribution in [0.15, 0.2) is 30.3 Å². The summed E-state index contributed by atoms with van der Waals surface area (Å²) < 4.78 is 11.3. The molecule has 0 radical (unpaired) electrons. The van der Waals surface area contributed by atoms with Crippen molar-refractivity contribution in [2.24, 2.45) is 0 Å². The van der Waals surface area contributed by atoms with Gasteiger partial charge >= 0.3 is 0 Å². The van der Waals surface area contributed by atoms with Crippen molar-refractivity contribution in [1.82, 2.24) is 19.9 Å². The van der Waals surface area contributed by atoms with Gasteiger partial charge < -0.3 is 19.4 Å². The molecule has 1 aliphatic heterocycles. The maximum absolute atomic E-state index is 12.9. The second kappa shape index (κ2) is 7.50. The summed E-state index contributed by atoms with van der Waals surface area (Å²) in [5.74, 6) is 2.10. The Morgan fingerprint density at radius 3 is 2.64 bits per heavy atom. The lowest BCUT2D eigenvalue weighted by Gasteiger charge is -2.31. The summed E-state index contributed by atoms with van der Waals surface area (Å²) in [6.45, 7) is 5.10. The summed E-state index contributed by atoms with van der Waals surface area (Å²) in [6.07, 6.45) is 1.62. The van der Waals surface area contributed by atoms with Crippen molar-refractivity contribution in [3.63, 3.8) is 0 Å². The van der Waals surface area contributed by atoms with E-state index in [0.717, 1.165) is 35.2 Å². The molecule has 2 aromatic heterocycles. The SMILES string of the molecule is COc1ccc2cc(C(=O)N3CCC(Oc4cc(C)nc(C)n4)CC3)[nH]c2c1. The van der Waals surface area contributed by atoms with Gasteiger partial charge in [-0.3, -0.25) is 4.79 Å². The Balaban J connectivity index is 1.39. The van der Waals surface area contributed by atoms with Gasteiger partial charge in [-0.05, 0) is 32.0 Å². The fourth-order valence-electron chi connectivity index (χ4n) is 3.61. The molecule has 4 rings (SSSR count). The van der Waals surface area contributed by atoms with E-state index in [4.69, 9.17) is 9.47 Å². The predicted molar refractivity (Wildman–Crippen MR) is 106 cm³/mol. The number of aromatic nitrogens is 3. The number of nitrogens with zero attached hydrogens (tertiary/aromatic N) is 3. The molecule has 146 valence electrons. The van der Waals surface area contributed by atoms with Crippen molar-refractivity contribution < 1.29 is 14.3 Å². The first-order valence-corrected chi connectivity index (χ1v) is 9.47. The zero-order valence-electron chi connectivity index (χ0n) is 16.4. The molecule has 7 heteroatoms. The third-order valence-corrected chi connectivity index (χ3v) is 5.02. The fourth-order valence-corrected chi connectivity index (χ4v) is 3.61. The average molecular weight is 380 g/mol. The number of piperidine rings is 1. The Kier molecular flexibility index (Phi) is 4.90. The van der Waals surface area contributed by atoms with Crippen LogP contribution in [0.4, 0.5) is 0 Å². The minimum atomic E-state index is 0.0161. The molecule has 7 nitrogen and oxygen atoms in total. The number of benzene rings is 1. The first-order chi connectivity index (χ1) is 13.5. The van der Waals surface area contributed by atoms with Crippen LogP contribution in [-0.4, -0.2) is 52.1 Å². The Morgan fingerprint density at radius 1 is 1.14 bits per heavy atom. The van der Waals surface area contributed by atoms with Gasteiger partial charge in [0, 0.05) is 54.7 Å². The molecule has 0 spiro atoms. The van der Waals surface area contributed by atoms with Gasteiger partial charge in [-0.1, -0.05) is 0 Å². The average Bonchev–Trinajstić information content (AvgIpc) is 3.10. The lowest BCUT2D eigenvalue weighted by atomic mass is 10.1. The van der Waals surface area contributed by atoms with Crippen LogP contribution in [0.5, 0.6) is 11.6 Å². The van der Waals surface area contributed by atoms with E-state index in [9.17, 15) is 4.79 Å². The molecule has 1 fully saturated rings. The van der Waals surface area contributed by atoms with Gasteiger partial charge in [0.2, 0.25) is 5.88 Å². The zero-order chi connectivity index (χ0) is 19.7. The van der Waals surface area contributed by atoms with Crippen molar-refractivity contribution in [1.29, 1.82) is 0 Å². The topological polar surface area (TPSA) is 80.3 Å². The highest BCUT2D eigenvalue weighted by Crippen LogP contribution is 2.23. The van der Waals surface area contributed by atoms with Crippen LogP contribution in [-0.2, 0) is 0 Å². The van der Waals surface area contributed by atoms with E-state index >= 15 is 0 Å². The number of methoxy groups -OCH3 is 1. The molecule has 1 aromatic carbocycles. The van der Waals surface area contributed by atoms with Crippen LogP contribution >= 0.6 is 0 Å². The molecule has 0 bridgehead atoms. The van der Waals surface area contributed by atoms with Gasteiger partial charge in [-0.2, -0.15) is 4.98 Å². The van der Waals surface area contributed by atoms with Gasteiger partial charge in [0.05, 0.1) is 7.11 Å². The molecule has 0 aliphatic carbocycles. The largest absolute Gasteiger partial charge is 0.497 e. The number of ether oxygens (including phenoxy) is 2. The van der Waals surface area contributed by atoms with Gasteiger partial charge in [0.25, 0.3) is 5.91 Å². The van der Waals surface area contributed by atoms with E-state index in [0.29, 0.717) is 30.5 Å². The van der Waals surface area contributed by atoms with Crippen LogP contribution < -0.4 is 9.47 Å². The van der Waals surface area contributed by atoms with Crippen LogP contribution in [0.25, 0.3) is 10.9 Å². The molecule has 1 aliphatic rings. The number of likely N-dealkylation sites (tertiary alicyclic amines) is 1. The fraction of sp³-hybridized carbons (Fsp3) is 0.381. The van der Waals surface area contributed by atoms with Crippen LogP contribution in [0.3, 0.4) is 0 Å². The number of hydrogen-bond donors (Lipinski definition) is 1. The number of amides is 1. The number of carbonyl (C=O) groups excluding carboxylic acids is 1. The summed E-state index contributed by atoms with van der Waals surface area (Å²) in [5.41, 5.74) is 2.39. The van der Waals surface area contributed by atoms with E-state index < -0.39 is 0 Å². The molecule has 0 atom stereocenters. The molecule has 28 heavy (non-hydrogen) atoms. The predicted octanol–water partition coefficient (Wildman–Crippen LogP) is 3.27. The number of aromatic amines is 1. The van der Waals surface area contributed by atoms with E-state index in [2.05, 4.69) is 15.0 Å². The van der Waals surface area contributed by atoms with E-state index in [1.165, 1.54) is 0 Å². The number of H-pyrrole nitrogens is 1. The number of rotatable bonds is 4. The van der Waals surface area contributed by atoms with Crippen LogP contribution in [0, 0.1) is 13.8 Å². The lowest BCUT2D eigenvalue weighted by molar-refractivity contribution is 0.0583. The minimum Gasteiger partial charge on any atom is -0.497 e. The number of nitrogens with one attached hydrogen (secondary N) is 1. The van der Waals surface area contributed by atoms with Gasteiger partial charge in [-0.25, -0.2) is 4.98 Å². The normalized spacial score (nSPS) is 15.0. The number of hydrogen-bond acceptors (Lipinski definition) is 5. The van der Waals surface area contributed by atoms with Crippen molar-refractivity contribution in [2.75, 3.05) is 20.2 Å². The van der Waals surface area contributed by atoms with Crippen molar-refractivity contribution in [2.45, 2.75) is 32.8 Å². The molecular formula is C21H24N4O3. The van der Waals surface area contributed by atoms with Gasteiger partial charge in [0.1, 0.15) is 23.4 Å². The summed E-state index contributed by atoms with van der Waals surface area (Å²) in [7, 11) is 1.63.